The normalized spacial score (nSPS) is 38.2. The van der Waals surface area contributed by atoms with Crippen LogP contribution >= 0.6 is 0 Å². The molecule has 3 fully saturated rings. The number of carbonyl (C=O) groups excluding carboxylic acids is 1. The molecule has 0 radical (unpaired) electrons. The van der Waals surface area contributed by atoms with Gasteiger partial charge in [0.15, 0.2) is 0 Å². The van der Waals surface area contributed by atoms with Gasteiger partial charge in [-0.15, -0.1) is 0 Å². The van der Waals surface area contributed by atoms with E-state index in [-0.39, 0.29) is 5.69 Å². The second-order valence-corrected chi connectivity index (χ2v) is 7.79. The number of hydrogen-bond donors (Lipinski definition) is 1. The molecule has 136 valence electrons. The van der Waals surface area contributed by atoms with Gasteiger partial charge in [0.05, 0.1) is 0 Å². The van der Waals surface area contributed by atoms with Gasteiger partial charge in [-0.05, 0) is 43.4 Å². The van der Waals surface area contributed by atoms with E-state index in [0.29, 0.717) is 30.7 Å². The monoisotopic (exact) mass is 347 g/mol. The lowest BCUT2D eigenvalue weighted by molar-refractivity contribution is -0.180. The van der Waals surface area contributed by atoms with Crippen molar-refractivity contribution in [3.63, 3.8) is 0 Å². The molecule has 3 aliphatic rings. The van der Waals surface area contributed by atoms with E-state index in [2.05, 4.69) is 9.88 Å². The zero-order chi connectivity index (χ0) is 17.6. The first-order valence-electron chi connectivity index (χ1n) is 9.24. The van der Waals surface area contributed by atoms with Gasteiger partial charge in [0.25, 0.3) is 5.91 Å². The molecule has 4 rings (SSSR count). The fourth-order valence-electron chi connectivity index (χ4n) is 5.32. The van der Waals surface area contributed by atoms with E-state index >= 15 is 0 Å². The van der Waals surface area contributed by atoms with Crippen molar-refractivity contribution in [1.82, 2.24) is 9.88 Å². The van der Waals surface area contributed by atoms with Crippen LogP contribution in [0.2, 0.25) is 0 Å². The lowest BCUT2D eigenvalue weighted by atomic mass is 9.62. The number of carbonyl (C=O) groups is 1. The molecule has 1 unspecified atom stereocenters. The van der Waals surface area contributed by atoms with Gasteiger partial charge >= 0.3 is 0 Å². The summed E-state index contributed by atoms with van der Waals surface area (Å²) in [6.45, 7) is 1.85. The van der Waals surface area contributed by atoms with Crippen LogP contribution in [0.25, 0.3) is 0 Å². The van der Waals surface area contributed by atoms with Gasteiger partial charge in [-0.3, -0.25) is 14.7 Å². The maximum absolute atomic E-state index is 13.3. The first-order chi connectivity index (χ1) is 12.0. The Morgan fingerprint density at radius 1 is 1.36 bits per heavy atom. The minimum atomic E-state index is -0.628. The van der Waals surface area contributed by atoms with Gasteiger partial charge in [0.2, 0.25) is 0 Å². The Morgan fingerprint density at radius 3 is 2.60 bits per heavy atom. The fraction of sp³-hybridized carbons (Fsp3) is 0.684. The van der Waals surface area contributed by atoms with Crippen LogP contribution in [0.1, 0.15) is 48.2 Å². The predicted molar refractivity (Wildman–Crippen MR) is 91.8 cm³/mol. The maximum Gasteiger partial charge on any atom is 0.267 e. The van der Waals surface area contributed by atoms with E-state index in [0.717, 1.165) is 31.5 Å². The van der Waals surface area contributed by atoms with Crippen molar-refractivity contribution < 1.29 is 13.9 Å². The molecule has 1 aliphatic heterocycles. The first-order valence-corrected chi connectivity index (χ1v) is 9.24. The third-order valence-corrected chi connectivity index (χ3v) is 6.60. The summed E-state index contributed by atoms with van der Waals surface area (Å²) in [5, 5.41) is 0. The number of nitrogens with two attached hydrogens (primary N) is 1. The molecular weight excluding hydrogens is 321 g/mol. The third kappa shape index (κ3) is 2.66. The highest BCUT2D eigenvalue weighted by molar-refractivity contribution is 5.90. The first kappa shape index (κ1) is 16.9. The molecular formula is C19H26FN3O2. The Labute approximate surface area is 147 Å². The minimum absolute atomic E-state index is 0.286. The zero-order valence-corrected chi connectivity index (χ0v) is 14.7. The summed E-state index contributed by atoms with van der Waals surface area (Å²) in [7, 11) is 1.77. The molecule has 0 aromatic carbocycles. The second kappa shape index (κ2) is 6.32. The quantitative estimate of drug-likeness (QED) is 0.907. The summed E-state index contributed by atoms with van der Waals surface area (Å²) in [6.07, 6.45) is 5.72. The van der Waals surface area contributed by atoms with E-state index in [1.165, 1.54) is 6.42 Å². The molecule has 2 aliphatic carbocycles. The number of rotatable bonds is 4. The number of methoxy groups -OCH3 is 1. The molecule has 3 atom stereocenters. The number of pyridine rings is 1. The Hall–Kier alpha value is -1.53. The molecule has 5 nitrogen and oxygen atoms in total. The number of amides is 1. The number of hydrogen-bond acceptors (Lipinski definition) is 4. The molecule has 0 spiro atoms. The van der Waals surface area contributed by atoms with Crippen molar-refractivity contribution in [2.75, 3.05) is 20.2 Å². The lowest BCUT2D eigenvalue weighted by Gasteiger charge is -2.57. The van der Waals surface area contributed by atoms with Gasteiger partial charge in [0.1, 0.15) is 17.5 Å². The van der Waals surface area contributed by atoms with Gasteiger partial charge in [-0.2, -0.15) is 0 Å². The Kier molecular flexibility index (Phi) is 4.28. The second-order valence-electron chi connectivity index (χ2n) is 7.79. The minimum Gasteiger partial charge on any atom is -0.373 e. The Morgan fingerprint density at radius 2 is 2.04 bits per heavy atom. The third-order valence-electron chi connectivity index (χ3n) is 6.60. The Balaban J connectivity index is 1.67. The summed E-state index contributed by atoms with van der Waals surface area (Å²) >= 11 is 0. The molecule has 2 saturated carbocycles. The molecule has 2 bridgehead atoms. The van der Waals surface area contributed by atoms with Gasteiger partial charge < -0.3 is 10.5 Å². The van der Waals surface area contributed by atoms with Gasteiger partial charge in [-0.25, -0.2) is 4.39 Å². The molecule has 2 heterocycles. The van der Waals surface area contributed by atoms with E-state index in [1.54, 1.807) is 19.4 Å². The van der Waals surface area contributed by atoms with Crippen LogP contribution in [-0.4, -0.2) is 48.2 Å². The number of primary amides is 1. The largest absolute Gasteiger partial charge is 0.373 e. The molecule has 6 heteroatoms. The van der Waals surface area contributed by atoms with Crippen molar-refractivity contribution in [3.8, 4) is 0 Å². The zero-order valence-electron chi connectivity index (χ0n) is 14.7. The number of aromatic nitrogens is 1. The molecule has 1 saturated heterocycles. The van der Waals surface area contributed by atoms with E-state index in [9.17, 15) is 9.18 Å². The van der Waals surface area contributed by atoms with Crippen LogP contribution in [0.3, 0.4) is 0 Å². The molecule has 2 N–H and O–H groups in total. The van der Waals surface area contributed by atoms with E-state index < -0.39 is 17.7 Å². The van der Waals surface area contributed by atoms with Crippen molar-refractivity contribution >= 4 is 5.91 Å². The van der Waals surface area contributed by atoms with Crippen LogP contribution in [0.4, 0.5) is 4.39 Å². The number of likely N-dealkylation sites (tertiary alicyclic amines) is 1. The summed E-state index contributed by atoms with van der Waals surface area (Å²) in [4.78, 5) is 18.1. The maximum atomic E-state index is 13.3. The van der Waals surface area contributed by atoms with Crippen LogP contribution in [-0.2, 0) is 10.3 Å². The van der Waals surface area contributed by atoms with Gasteiger partial charge in [-0.1, -0.05) is 6.42 Å². The summed E-state index contributed by atoms with van der Waals surface area (Å²) in [6, 6.07) is 4.14. The van der Waals surface area contributed by atoms with Crippen molar-refractivity contribution in [2.24, 2.45) is 17.6 Å². The standard InChI is InChI=1S/C19H26FN3O2/c1-25-19(12-5-6-22-17(7-12)18(21)24)13-3-2-4-14(19)11-23(10-13)16-8-15(20)9-16/h5-7,13-16H,2-4,8-11H2,1H3,(H2,21,24)/t13-,14+,15?,16?,19?. The van der Waals surface area contributed by atoms with E-state index in [4.69, 9.17) is 10.5 Å². The molecule has 25 heavy (non-hydrogen) atoms. The number of piperidine rings is 1. The van der Waals surface area contributed by atoms with E-state index in [1.807, 2.05) is 6.07 Å². The van der Waals surface area contributed by atoms with Crippen LogP contribution in [0.5, 0.6) is 0 Å². The highest BCUT2D eigenvalue weighted by Crippen LogP contribution is 2.52. The van der Waals surface area contributed by atoms with Crippen molar-refractivity contribution in [3.05, 3.63) is 29.6 Å². The number of ether oxygens (including phenoxy) is 1. The highest BCUT2D eigenvalue weighted by Gasteiger charge is 2.54. The number of fused-ring (bicyclic) bond motifs is 2. The van der Waals surface area contributed by atoms with Gasteiger partial charge in [0, 0.05) is 44.3 Å². The Bertz CT molecular complexity index is 648. The molecule has 1 amide bonds. The summed E-state index contributed by atoms with van der Waals surface area (Å²) in [5.41, 5.74) is 6.32. The summed E-state index contributed by atoms with van der Waals surface area (Å²) in [5.74, 6) is 0.165. The number of halogens is 1. The number of alkyl halides is 1. The van der Waals surface area contributed by atoms with Crippen molar-refractivity contribution in [1.29, 1.82) is 0 Å². The predicted octanol–water partition coefficient (Wildman–Crippen LogP) is 2.25. The average Bonchev–Trinajstić information content (AvgIpc) is 2.57. The van der Waals surface area contributed by atoms with Crippen LogP contribution < -0.4 is 5.73 Å². The molecule has 1 aromatic heterocycles. The highest BCUT2D eigenvalue weighted by atomic mass is 19.1. The van der Waals surface area contributed by atoms with Crippen LogP contribution in [0.15, 0.2) is 18.3 Å². The topological polar surface area (TPSA) is 68.5 Å². The fourth-order valence-corrected chi connectivity index (χ4v) is 5.32. The average molecular weight is 347 g/mol. The smallest absolute Gasteiger partial charge is 0.267 e. The number of nitrogens with zero attached hydrogens (tertiary/aromatic N) is 2. The van der Waals surface area contributed by atoms with Crippen LogP contribution in [0, 0.1) is 11.8 Å². The van der Waals surface area contributed by atoms with Crippen molar-refractivity contribution in [2.45, 2.75) is 49.9 Å². The molecule has 1 aromatic rings. The summed E-state index contributed by atoms with van der Waals surface area (Å²) < 4.78 is 19.5. The SMILES string of the molecule is COC1(c2ccnc(C(N)=O)c2)[C@@H]2CCC[C@H]1CN(C1CC(F)C1)C2. The lowest BCUT2D eigenvalue weighted by Crippen LogP contribution is -2.62.